The summed E-state index contributed by atoms with van der Waals surface area (Å²) in [4.78, 5) is 0. The van der Waals surface area contributed by atoms with Crippen LogP contribution in [0, 0.1) is 0 Å². The maximum absolute atomic E-state index is 2.42. The quantitative estimate of drug-likeness (QED) is 0.608. The van der Waals surface area contributed by atoms with E-state index >= 15 is 0 Å². The summed E-state index contributed by atoms with van der Waals surface area (Å²) in [5, 5.41) is 0. The van der Waals surface area contributed by atoms with Crippen molar-refractivity contribution < 1.29 is 0 Å². The average Bonchev–Trinajstić information content (AvgIpc) is 2.47. The molecule has 0 radical (unpaired) electrons. The Morgan fingerprint density at radius 1 is 0.737 bits per heavy atom. The van der Waals surface area contributed by atoms with E-state index in [0.717, 1.165) is 0 Å². The molecule has 0 heterocycles. The lowest BCUT2D eigenvalue weighted by atomic mass is 9.69. The minimum absolute atomic E-state index is 0.495. The molecule has 2 aliphatic carbocycles. The molecule has 0 saturated heterocycles. The monoisotopic (exact) mass is 244 g/mol. The number of hydrogen-bond acceptors (Lipinski definition) is 0. The summed E-state index contributed by atoms with van der Waals surface area (Å²) in [5.41, 5.74) is 7.10. The second-order valence-corrected chi connectivity index (χ2v) is 5.50. The van der Waals surface area contributed by atoms with Crippen molar-refractivity contribution in [2.45, 2.75) is 18.8 Å². The molecule has 0 saturated carbocycles. The number of allylic oxidation sites excluding steroid dienone is 4. The van der Waals surface area contributed by atoms with Crippen molar-refractivity contribution in [1.82, 2.24) is 0 Å². The second kappa shape index (κ2) is 3.96. The SMILES string of the molecule is CC1=CC2c3ccccc3-c3ccccc3C2C=C1. The Bertz CT molecular complexity index is 703. The van der Waals surface area contributed by atoms with Crippen molar-refractivity contribution >= 4 is 0 Å². The fourth-order valence-corrected chi connectivity index (χ4v) is 3.46. The smallest absolute Gasteiger partial charge is 0.0134 e. The zero-order valence-corrected chi connectivity index (χ0v) is 11.0. The van der Waals surface area contributed by atoms with Crippen LogP contribution in [0.1, 0.15) is 29.9 Å². The molecule has 19 heavy (non-hydrogen) atoms. The summed E-state index contributed by atoms with van der Waals surface area (Å²) in [5.74, 6) is 0.992. The third-order valence-electron chi connectivity index (χ3n) is 4.33. The molecule has 0 aliphatic heterocycles. The summed E-state index contributed by atoms with van der Waals surface area (Å²) in [6, 6.07) is 17.7. The maximum Gasteiger partial charge on any atom is 0.0134 e. The Hall–Kier alpha value is -2.08. The van der Waals surface area contributed by atoms with Gasteiger partial charge in [0.25, 0.3) is 0 Å². The van der Waals surface area contributed by atoms with Crippen LogP contribution in [-0.4, -0.2) is 0 Å². The van der Waals surface area contributed by atoms with Gasteiger partial charge in [-0.25, -0.2) is 0 Å². The molecule has 2 aromatic rings. The van der Waals surface area contributed by atoms with Crippen LogP contribution in [0.15, 0.2) is 72.3 Å². The first-order valence-corrected chi connectivity index (χ1v) is 6.89. The molecule has 92 valence electrons. The van der Waals surface area contributed by atoms with Crippen LogP contribution in [0.5, 0.6) is 0 Å². The van der Waals surface area contributed by atoms with Crippen molar-refractivity contribution in [2.75, 3.05) is 0 Å². The molecule has 2 unspecified atom stereocenters. The molecule has 2 aliphatic rings. The Morgan fingerprint density at radius 3 is 2.00 bits per heavy atom. The van der Waals surface area contributed by atoms with Gasteiger partial charge in [0, 0.05) is 11.8 Å². The predicted molar refractivity (Wildman–Crippen MR) is 80.3 cm³/mol. The van der Waals surface area contributed by atoms with E-state index in [0.29, 0.717) is 11.8 Å². The van der Waals surface area contributed by atoms with Gasteiger partial charge >= 0.3 is 0 Å². The fourth-order valence-electron chi connectivity index (χ4n) is 3.46. The summed E-state index contributed by atoms with van der Waals surface area (Å²) in [6.45, 7) is 2.19. The third kappa shape index (κ3) is 1.53. The Morgan fingerprint density at radius 2 is 1.32 bits per heavy atom. The van der Waals surface area contributed by atoms with Gasteiger partial charge in [-0.2, -0.15) is 0 Å². The first kappa shape index (κ1) is 10.8. The molecule has 0 N–H and O–H groups in total. The lowest BCUT2D eigenvalue weighted by molar-refractivity contribution is 0.714. The fraction of sp³-hybridized carbons (Fsp3) is 0.158. The van der Waals surface area contributed by atoms with Crippen LogP contribution < -0.4 is 0 Å². The molecule has 0 amide bonds. The van der Waals surface area contributed by atoms with Crippen molar-refractivity contribution in [3.8, 4) is 11.1 Å². The van der Waals surface area contributed by atoms with Crippen molar-refractivity contribution in [3.05, 3.63) is 83.5 Å². The summed E-state index contributed by atoms with van der Waals surface area (Å²) >= 11 is 0. The standard InChI is InChI=1S/C19H16/c1-13-10-11-18-16-8-3-2-6-14(16)15-7-4-5-9-17(15)19(18)12-13/h2-12,18-19H,1H3. The van der Waals surface area contributed by atoms with E-state index in [1.54, 1.807) is 0 Å². The average molecular weight is 244 g/mol. The second-order valence-electron chi connectivity index (χ2n) is 5.50. The zero-order valence-electron chi connectivity index (χ0n) is 11.0. The van der Waals surface area contributed by atoms with Gasteiger partial charge in [0.1, 0.15) is 0 Å². The van der Waals surface area contributed by atoms with Gasteiger partial charge in [0.15, 0.2) is 0 Å². The van der Waals surface area contributed by atoms with E-state index in [-0.39, 0.29) is 0 Å². The first-order valence-electron chi connectivity index (χ1n) is 6.89. The van der Waals surface area contributed by atoms with E-state index in [1.165, 1.54) is 27.8 Å². The van der Waals surface area contributed by atoms with Gasteiger partial charge in [-0.3, -0.25) is 0 Å². The van der Waals surface area contributed by atoms with E-state index in [2.05, 4.69) is 73.7 Å². The number of rotatable bonds is 0. The van der Waals surface area contributed by atoms with Crippen molar-refractivity contribution in [3.63, 3.8) is 0 Å². The molecule has 0 aromatic heterocycles. The van der Waals surface area contributed by atoms with Crippen LogP contribution in [0.3, 0.4) is 0 Å². The van der Waals surface area contributed by atoms with Crippen molar-refractivity contribution in [2.24, 2.45) is 0 Å². The minimum Gasteiger partial charge on any atom is -0.0758 e. The van der Waals surface area contributed by atoms with Crippen molar-refractivity contribution in [1.29, 1.82) is 0 Å². The van der Waals surface area contributed by atoms with Gasteiger partial charge < -0.3 is 0 Å². The van der Waals surface area contributed by atoms with Gasteiger partial charge in [-0.05, 0) is 29.2 Å². The molecule has 0 bridgehead atoms. The highest BCUT2D eigenvalue weighted by Gasteiger charge is 2.31. The van der Waals surface area contributed by atoms with Gasteiger partial charge in [-0.15, -0.1) is 0 Å². The highest BCUT2D eigenvalue weighted by atomic mass is 14.3. The highest BCUT2D eigenvalue weighted by molar-refractivity contribution is 5.76. The summed E-state index contributed by atoms with van der Waals surface area (Å²) in [6.07, 6.45) is 7.04. The molecule has 0 nitrogen and oxygen atoms in total. The number of hydrogen-bond donors (Lipinski definition) is 0. The van der Waals surface area contributed by atoms with Crippen LogP contribution in [-0.2, 0) is 0 Å². The normalized spacial score (nSPS) is 23.1. The Balaban J connectivity index is 2.03. The van der Waals surface area contributed by atoms with E-state index < -0.39 is 0 Å². The van der Waals surface area contributed by atoms with E-state index in [1.807, 2.05) is 0 Å². The van der Waals surface area contributed by atoms with Gasteiger partial charge in [0.2, 0.25) is 0 Å². The summed E-state index contributed by atoms with van der Waals surface area (Å²) in [7, 11) is 0. The molecule has 4 rings (SSSR count). The van der Waals surface area contributed by atoms with Gasteiger partial charge in [-0.1, -0.05) is 72.3 Å². The Labute approximate surface area is 114 Å². The first-order chi connectivity index (χ1) is 9.34. The molecule has 2 atom stereocenters. The molecule has 0 spiro atoms. The molecule has 2 aromatic carbocycles. The number of fused-ring (bicyclic) bond motifs is 6. The zero-order chi connectivity index (χ0) is 12.8. The lowest BCUT2D eigenvalue weighted by Gasteiger charge is -2.34. The lowest BCUT2D eigenvalue weighted by Crippen LogP contribution is -2.17. The molecule has 0 heteroatoms. The van der Waals surface area contributed by atoms with E-state index in [9.17, 15) is 0 Å². The molecular formula is C19H16. The van der Waals surface area contributed by atoms with Crippen LogP contribution in [0.2, 0.25) is 0 Å². The highest BCUT2D eigenvalue weighted by Crippen LogP contribution is 2.49. The van der Waals surface area contributed by atoms with Crippen LogP contribution >= 0.6 is 0 Å². The largest absolute Gasteiger partial charge is 0.0758 e. The van der Waals surface area contributed by atoms with Crippen LogP contribution in [0.25, 0.3) is 11.1 Å². The third-order valence-corrected chi connectivity index (χ3v) is 4.33. The maximum atomic E-state index is 2.42. The minimum atomic E-state index is 0.495. The van der Waals surface area contributed by atoms with Gasteiger partial charge in [0.05, 0.1) is 0 Å². The molecular weight excluding hydrogens is 228 g/mol. The topological polar surface area (TPSA) is 0 Å². The van der Waals surface area contributed by atoms with Crippen LogP contribution in [0.4, 0.5) is 0 Å². The predicted octanol–water partition coefficient (Wildman–Crippen LogP) is 5.05. The number of benzene rings is 2. The molecule has 0 fully saturated rings. The Kier molecular flexibility index (Phi) is 2.25. The van der Waals surface area contributed by atoms with E-state index in [4.69, 9.17) is 0 Å². The summed E-state index contributed by atoms with van der Waals surface area (Å²) < 4.78 is 0.